The molecular weight excluding hydrogens is 226 g/mol. The molecule has 1 unspecified atom stereocenters. The molecule has 0 radical (unpaired) electrons. The second-order valence-corrected chi connectivity index (χ2v) is 6.25. The van der Waals surface area contributed by atoms with Crippen molar-refractivity contribution in [3.8, 4) is 0 Å². The van der Waals surface area contributed by atoms with Gasteiger partial charge in [0.15, 0.2) is 0 Å². The van der Waals surface area contributed by atoms with Crippen molar-refractivity contribution in [3.05, 3.63) is 17.6 Å². The highest BCUT2D eigenvalue weighted by Crippen LogP contribution is 2.07. The van der Waals surface area contributed by atoms with Crippen LogP contribution in [0.25, 0.3) is 0 Å². The van der Waals surface area contributed by atoms with Gasteiger partial charge in [-0.25, -0.2) is 13.4 Å². The van der Waals surface area contributed by atoms with E-state index in [0.29, 0.717) is 5.82 Å². The second-order valence-electron chi connectivity index (χ2n) is 4.06. The number of aryl methyl sites for hydroxylation is 2. The third-order valence-electron chi connectivity index (χ3n) is 2.14. The molecule has 0 fully saturated rings. The molecule has 6 heteroatoms. The molecule has 0 aliphatic heterocycles. The van der Waals surface area contributed by atoms with Crippen LogP contribution in [-0.2, 0) is 9.84 Å². The van der Waals surface area contributed by atoms with Gasteiger partial charge in [-0.15, -0.1) is 0 Å². The third-order valence-corrected chi connectivity index (χ3v) is 3.24. The van der Waals surface area contributed by atoms with E-state index in [-0.39, 0.29) is 11.8 Å². The zero-order valence-corrected chi connectivity index (χ0v) is 10.8. The van der Waals surface area contributed by atoms with Crippen LogP contribution in [-0.4, -0.2) is 36.4 Å². The van der Waals surface area contributed by atoms with Gasteiger partial charge in [0.05, 0.1) is 23.3 Å². The Hall–Kier alpha value is -1.17. The van der Waals surface area contributed by atoms with Gasteiger partial charge in [0.1, 0.15) is 15.7 Å². The molecular formula is C10H17N3O2S. The fourth-order valence-electron chi connectivity index (χ4n) is 1.36. The maximum absolute atomic E-state index is 11.1. The number of sulfone groups is 1. The van der Waals surface area contributed by atoms with Gasteiger partial charge in [-0.1, -0.05) is 0 Å². The van der Waals surface area contributed by atoms with Crippen molar-refractivity contribution >= 4 is 15.7 Å². The molecule has 90 valence electrons. The molecule has 1 aromatic rings. The van der Waals surface area contributed by atoms with E-state index in [1.165, 1.54) is 6.26 Å². The Bertz CT molecular complexity index is 471. The number of anilines is 1. The number of nitrogens with one attached hydrogen (secondary N) is 1. The first kappa shape index (κ1) is 12.9. The van der Waals surface area contributed by atoms with Crippen molar-refractivity contribution in [2.75, 3.05) is 17.3 Å². The van der Waals surface area contributed by atoms with Gasteiger partial charge in [0.2, 0.25) is 0 Å². The summed E-state index contributed by atoms with van der Waals surface area (Å²) in [5, 5.41) is 3.01. The van der Waals surface area contributed by atoms with E-state index in [4.69, 9.17) is 0 Å². The van der Waals surface area contributed by atoms with E-state index in [0.717, 1.165) is 11.4 Å². The van der Waals surface area contributed by atoms with Crippen molar-refractivity contribution in [3.63, 3.8) is 0 Å². The molecule has 1 aromatic heterocycles. The zero-order valence-electron chi connectivity index (χ0n) is 9.98. The monoisotopic (exact) mass is 243 g/mol. The highest BCUT2D eigenvalue weighted by molar-refractivity contribution is 7.90. The summed E-state index contributed by atoms with van der Waals surface area (Å²) in [6.07, 6.45) is 2.83. The van der Waals surface area contributed by atoms with E-state index in [9.17, 15) is 8.42 Å². The summed E-state index contributed by atoms with van der Waals surface area (Å²) in [6, 6.07) is -0.175. The Morgan fingerprint density at radius 3 is 2.50 bits per heavy atom. The number of rotatable bonds is 4. The average molecular weight is 243 g/mol. The minimum atomic E-state index is -2.97. The van der Waals surface area contributed by atoms with Crippen LogP contribution in [0.4, 0.5) is 5.82 Å². The maximum Gasteiger partial charge on any atom is 0.149 e. The predicted octanol–water partition coefficient (Wildman–Crippen LogP) is 0.938. The van der Waals surface area contributed by atoms with E-state index in [2.05, 4.69) is 15.3 Å². The van der Waals surface area contributed by atoms with Crippen molar-refractivity contribution in [1.82, 2.24) is 9.97 Å². The summed E-state index contributed by atoms with van der Waals surface area (Å²) in [5.41, 5.74) is 1.72. The topological polar surface area (TPSA) is 72.0 Å². The fraction of sp³-hybridized carbons (Fsp3) is 0.600. The van der Waals surface area contributed by atoms with Crippen LogP contribution in [0.15, 0.2) is 6.20 Å². The van der Waals surface area contributed by atoms with Gasteiger partial charge in [0.25, 0.3) is 0 Å². The minimum Gasteiger partial charge on any atom is -0.365 e. The average Bonchev–Trinajstić information content (AvgIpc) is 2.08. The Morgan fingerprint density at radius 2 is 2.00 bits per heavy atom. The Labute approximate surface area is 96.2 Å². The summed E-state index contributed by atoms with van der Waals surface area (Å²) in [6.45, 7) is 5.55. The van der Waals surface area contributed by atoms with E-state index >= 15 is 0 Å². The van der Waals surface area contributed by atoms with Gasteiger partial charge in [0, 0.05) is 12.3 Å². The van der Waals surface area contributed by atoms with E-state index in [1.54, 1.807) is 13.1 Å². The molecule has 0 amide bonds. The summed E-state index contributed by atoms with van der Waals surface area (Å²) in [5.74, 6) is 0.695. The largest absolute Gasteiger partial charge is 0.365 e. The minimum absolute atomic E-state index is 0.0849. The Balaban J connectivity index is 2.70. The second kappa shape index (κ2) is 4.78. The first-order valence-corrected chi connectivity index (χ1v) is 7.08. The van der Waals surface area contributed by atoms with Crippen molar-refractivity contribution < 1.29 is 8.42 Å². The molecule has 5 nitrogen and oxygen atoms in total. The summed E-state index contributed by atoms with van der Waals surface area (Å²) in [4.78, 5) is 8.43. The third kappa shape index (κ3) is 4.14. The molecule has 1 rings (SSSR count). The number of nitrogens with zero attached hydrogens (tertiary/aromatic N) is 2. The van der Waals surface area contributed by atoms with E-state index in [1.807, 2.05) is 13.8 Å². The SMILES string of the molecule is Cc1ncc(NC(C)CS(C)(=O)=O)nc1C. The highest BCUT2D eigenvalue weighted by atomic mass is 32.2. The van der Waals surface area contributed by atoms with Gasteiger partial charge in [-0.05, 0) is 20.8 Å². The quantitative estimate of drug-likeness (QED) is 0.852. The standard InChI is InChI=1S/C10H17N3O2S/c1-7(6-16(4,14)15)12-10-5-11-8(2)9(3)13-10/h5,7H,6H2,1-4H3,(H,12,13). The van der Waals surface area contributed by atoms with Gasteiger partial charge in [-0.3, -0.25) is 4.98 Å². The van der Waals surface area contributed by atoms with Crippen LogP contribution in [0, 0.1) is 13.8 Å². The Kier molecular flexibility index (Phi) is 3.85. The lowest BCUT2D eigenvalue weighted by Crippen LogP contribution is -2.25. The molecule has 1 atom stereocenters. The van der Waals surface area contributed by atoms with Crippen LogP contribution in [0.5, 0.6) is 0 Å². The lowest BCUT2D eigenvalue weighted by atomic mass is 10.3. The number of aromatic nitrogens is 2. The van der Waals surface area contributed by atoms with Crippen molar-refractivity contribution in [1.29, 1.82) is 0 Å². The molecule has 0 spiro atoms. The summed E-state index contributed by atoms with van der Waals surface area (Å²) >= 11 is 0. The maximum atomic E-state index is 11.1. The first-order valence-electron chi connectivity index (χ1n) is 5.02. The molecule has 0 bridgehead atoms. The van der Waals surface area contributed by atoms with Crippen molar-refractivity contribution in [2.24, 2.45) is 0 Å². The molecule has 0 saturated carbocycles. The predicted molar refractivity (Wildman–Crippen MR) is 64.3 cm³/mol. The Morgan fingerprint density at radius 1 is 1.38 bits per heavy atom. The van der Waals surface area contributed by atoms with Gasteiger partial charge >= 0.3 is 0 Å². The van der Waals surface area contributed by atoms with Crippen molar-refractivity contribution in [2.45, 2.75) is 26.8 Å². The zero-order chi connectivity index (χ0) is 12.3. The molecule has 1 N–H and O–H groups in total. The van der Waals surface area contributed by atoms with Crippen LogP contribution in [0.1, 0.15) is 18.3 Å². The first-order chi connectivity index (χ1) is 7.28. The van der Waals surface area contributed by atoms with Gasteiger partial charge < -0.3 is 5.32 Å². The summed E-state index contributed by atoms with van der Waals surface area (Å²) < 4.78 is 22.2. The fourth-order valence-corrected chi connectivity index (χ4v) is 2.35. The van der Waals surface area contributed by atoms with Crippen LogP contribution in [0.2, 0.25) is 0 Å². The number of hydrogen-bond acceptors (Lipinski definition) is 5. The van der Waals surface area contributed by atoms with Crippen LogP contribution < -0.4 is 5.32 Å². The lowest BCUT2D eigenvalue weighted by molar-refractivity contribution is 0.598. The molecule has 0 aliphatic carbocycles. The van der Waals surface area contributed by atoms with E-state index < -0.39 is 9.84 Å². The number of hydrogen-bond donors (Lipinski definition) is 1. The molecule has 0 aliphatic rings. The summed E-state index contributed by atoms with van der Waals surface area (Å²) in [7, 11) is -2.97. The van der Waals surface area contributed by atoms with Crippen LogP contribution in [0.3, 0.4) is 0 Å². The normalized spacial score (nSPS) is 13.5. The molecule has 16 heavy (non-hydrogen) atoms. The van der Waals surface area contributed by atoms with Gasteiger partial charge in [-0.2, -0.15) is 0 Å². The van der Waals surface area contributed by atoms with Crippen LogP contribution >= 0.6 is 0 Å². The molecule has 1 heterocycles. The lowest BCUT2D eigenvalue weighted by Gasteiger charge is -2.13. The molecule has 0 saturated heterocycles. The smallest absolute Gasteiger partial charge is 0.149 e. The highest BCUT2D eigenvalue weighted by Gasteiger charge is 2.11. The molecule has 0 aromatic carbocycles.